The number of hydrogen-bond donors (Lipinski definition) is 1. The van der Waals surface area contributed by atoms with Crippen LogP contribution >= 0.6 is 11.3 Å². The fourth-order valence-corrected chi connectivity index (χ4v) is 4.15. The van der Waals surface area contributed by atoms with Crippen molar-refractivity contribution in [3.8, 4) is 11.3 Å². The summed E-state index contributed by atoms with van der Waals surface area (Å²) in [7, 11) is 0. The molecule has 4 aromatic rings. The third-order valence-electron chi connectivity index (χ3n) is 4.75. The molecule has 27 heavy (non-hydrogen) atoms. The molecule has 0 saturated heterocycles. The van der Waals surface area contributed by atoms with E-state index in [4.69, 9.17) is 0 Å². The minimum atomic E-state index is -0.0706. The van der Waals surface area contributed by atoms with Crippen LogP contribution in [-0.2, 0) is 19.5 Å². The van der Waals surface area contributed by atoms with Crippen LogP contribution < -0.4 is 5.56 Å². The van der Waals surface area contributed by atoms with E-state index in [-0.39, 0.29) is 5.56 Å². The molecule has 4 aromatic heterocycles. The highest BCUT2D eigenvalue weighted by molar-refractivity contribution is 7.18. The number of H-pyrrole nitrogens is 1. The summed E-state index contributed by atoms with van der Waals surface area (Å²) >= 11 is 1.56. The molecule has 0 amide bonds. The molecule has 0 atom stereocenters. The fourth-order valence-electron chi connectivity index (χ4n) is 3.10. The van der Waals surface area contributed by atoms with Gasteiger partial charge in [0.1, 0.15) is 16.3 Å². The maximum absolute atomic E-state index is 12.4. The third-order valence-corrected chi connectivity index (χ3v) is 5.85. The first-order valence-electron chi connectivity index (χ1n) is 8.89. The molecule has 0 fully saturated rings. The minimum Gasteiger partial charge on any atom is -0.310 e. The topological polar surface area (TPSA) is 94.3 Å². The average Bonchev–Trinajstić information content (AvgIpc) is 3.31. The van der Waals surface area contributed by atoms with Crippen molar-refractivity contribution in [2.24, 2.45) is 0 Å². The van der Waals surface area contributed by atoms with Gasteiger partial charge in [-0.3, -0.25) is 14.2 Å². The summed E-state index contributed by atoms with van der Waals surface area (Å²) < 4.78 is 3.66. The van der Waals surface area contributed by atoms with Gasteiger partial charge < -0.3 is 4.98 Å². The Hall–Kier alpha value is -2.81. The van der Waals surface area contributed by atoms with Gasteiger partial charge in [-0.15, -0.1) is 16.4 Å². The van der Waals surface area contributed by atoms with Crippen LogP contribution in [0.15, 0.2) is 17.2 Å². The number of hydrogen-bond acceptors (Lipinski definition) is 6. The second kappa shape index (κ2) is 6.73. The molecule has 8 nitrogen and oxygen atoms in total. The lowest BCUT2D eigenvalue weighted by molar-refractivity contribution is 0.578. The maximum Gasteiger partial charge on any atom is 0.259 e. The van der Waals surface area contributed by atoms with Gasteiger partial charge in [-0.2, -0.15) is 5.10 Å². The normalized spacial score (nSPS) is 11.6. The van der Waals surface area contributed by atoms with Crippen molar-refractivity contribution in [1.29, 1.82) is 0 Å². The molecular formula is C18H21N7OS. The Kier molecular flexibility index (Phi) is 4.39. The molecule has 140 valence electrons. The molecule has 0 aliphatic rings. The molecule has 0 bridgehead atoms. The lowest BCUT2D eigenvalue weighted by atomic mass is 10.2. The molecule has 4 rings (SSSR count). The van der Waals surface area contributed by atoms with E-state index in [0.29, 0.717) is 24.2 Å². The van der Waals surface area contributed by atoms with Crippen LogP contribution in [0.4, 0.5) is 0 Å². The molecule has 0 aliphatic heterocycles. The van der Waals surface area contributed by atoms with Crippen molar-refractivity contribution in [2.45, 2.75) is 47.2 Å². The van der Waals surface area contributed by atoms with Crippen LogP contribution in [0.3, 0.4) is 0 Å². The first kappa shape index (κ1) is 17.6. The summed E-state index contributed by atoms with van der Waals surface area (Å²) in [5.74, 6) is 0.667. The Labute approximate surface area is 159 Å². The second-order valence-electron chi connectivity index (χ2n) is 6.58. The molecule has 0 spiro atoms. The number of nitrogens with one attached hydrogen (secondary N) is 1. The zero-order valence-corrected chi connectivity index (χ0v) is 16.6. The molecule has 4 heterocycles. The molecule has 0 aliphatic carbocycles. The molecule has 9 heteroatoms. The van der Waals surface area contributed by atoms with E-state index < -0.39 is 0 Å². The van der Waals surface area contributed by atoms with E-state index in [0.717, 1.165) is 38.8 Å². The zero-order valence-electron chi connectivity index (χ0n) is 15.8. The molecule has 1 N–H and O–H groups in total. The summed E-state index contributed by atoms with van der Waals surface area (Å²) in [6.07, 6.45) is 4.47. The van der Waals surface area contributed by atoms with Crippen LogP contribution in [0, 0.1) is 20.8 Å². The summed E-state index contributed by atoms with van der Waals surface area (Å²) in [5.41, 5.74) is 3.66. The predicted molar refractivity (Wildman–Crippen MR) is 105 cm³/mol. The van der Waals surface area contributed by atoms with Gasteiger partial charge in [0.05, 0.1) is 17.3 Å². The van der Waals surface area contributed by atoms with Crippen LogP contribution in [0.2, 0.25) is 0 Å². The van der Waals surface area contributed by atoms with E-state index in [2.05, 4.69) is 25.4 Å². The van der Waals surface area contributed by atoms with Crippen LogP contribution in [0.25, 0.3) is 21.5 Å². The van der Waals surface area contributed by atoms with Crippen molar-refractivity contribution in [2.75, 3.05) is 0 Å². The van der Waals surface area contributed by atoms with E-state index in [9.17, 15) is 4.79 Å². The monoisotopic (exact) mass is 383 g/mol. The van der Waals surface area contributed by atoms with Gasteiger partial charge in [-0.05, 0) is 33.3 Å². The fraction of sp³-hybridized carbons (Fsp3) is 0.389. The number of fused-ring (bicyclic) bond motifs is 1. The molecule has 0 saturated carbocycles. The molecule has 0 aromatic carbocycles. The summed E-state index contributed by atoms with van der Waals surface area (Å²) in [5, 5.41) is 13.6. The van der Waals surface area contributed by atoms with Crippen LogP contribution in [0.5, 0.6) is 0 Å². The second-order valence-corrected chi connectivity index (χ2v) is 7.78. The minimum absolute atomic E-state index is 0.0706. The quantitative estimate of drug-likeness (QED) is 0.572. The third kappa shape index (κ3) is 3.18. The Balaban J connectivity index is 1.54. The van der Waals surface area contributed by atoms with Gasteiger partial charge >= 0.3 is 0 Å². The number of rotatable bonds is 5. The number of aryl methyl sites for hydroxylation is 6. The average molecular weight is 383 g/mol. The largest absolute Gasteiger partial charge is 0.310 e. The number of aromatic nitrogens is 7. The van der Waals surface area contributed by atoms with Gasteiger partial charge in [-0.25, -0.2) is 4.98 Å². The molecular weight excluding hydrogens is 362 g/mol. The Morgan fingerprint density at radius 1 is 1.19 bits per heavy atom. The Bertz CT molecular complexity index is 1180. The highest BCUT2D eigenvalue weighted by atomic mass is 32.1. The smallest absolute Gasteiger partial charge is 0.259 e. The first-order chi connectivity index (χ1) is 13.0. The SMILES string of the molecule is CCn1cc(-c2cn(CCc3nc4sc(C)c(C)c4c(=O)[nH]3)nn2)c(C)n1. The van der Waals surface area contributed by atoms with Crippen molar-refractivity contribution in [3.05, 3.63) is 44.7 Å². The highest BCUT2D eigenvalue weighted by Crippen LogP contribution is 2.25. The van der Waals surface area contributed by atoms with Crippen molar-refractivity contribution < 1.29 is 0 Å². The molecule has 0 unspecified atom stereocenters. The zero-order chi connectivity index (χ0) is 19.1. The summed E-state index contributed by atoms with van der Waals surface area (Å²) in [6, 6.07) is 0. The maximum atomic E-state index is 12.4. The van der Waals surface area contributed by atoms with E-state index in [1.807, 2.05) is 44.8 Å². The summed E-state index contributed by atoms with van der Waals surface area (Å²) in [4.78, 5) is 21.8. The van der Waals surface area contributed by atoms with Gasteiger partial charge in [0, 0.05) is 36.1 Å². The van der Waals surface area contributed by atoms with Gasteiger partial charge in [0.25, 0.3) is 5.56 Å². The lowest BCUT2D eigenvalue weighted by Crippen LogP contribution is -2.13. The first-order valence-corrected chi connectivity index (χ1v) is 9.71. The summed E-state index contributed by atoms with van der Waals surface area (Å²) in [6.45, 7) is 9.40. The van der Waals surface area contributed by atoms with Gasteiger partial charge in [0.15, 0.2) is 0 Å². The van der Waals surface area contributed by atoms with E-state index in [1.54, 1.807) is 16.0 Å². The molecule has 0 radical (unpaired) electrons. The Morgan fingerprint density at radius 3 is 2.74 bits per heavy atom. The lowest BCUT2D eigenvalue weighted by Gasteiger charge is -2.01. The van der Waals surface area contributed by atoms with E-state index in [1.165, 1.54) is 0 Å². The predicted octanol–water partition coefficient (Wildman–Crippen LogP) is 2.63. The highest BCUT2D eigenvalue weighted by Gasteiger charge is 2.13. The number of nitrogens with zero attached hydrogens (tertiary/aromatic N) is 6. The van der Waals surface area contributed by atoms with E-state index >= 15 is 0 Å². The van der Waals surface area contributed by atoms with Crippen molar-refractivity contribution in [1.82, 2.24) is 34.7 Å². The van der Waals surface area contributed by atoms with Gasteiger partial charge in [0.2, 0.25) is 0 Å². The van der Waals surface area contributed by atoms with Crippen LogP contribution in [0.1, 0.15) is 28.9 Å². The van der Waals surface area contributed by atoms with Gasteiger partial charge in [-0.1, -0.05) is 5.21 Å². The number of aromatic amines is 1. The van der Waals surface area contributed by atoms with Crippen molar-refractivity contribution in [3.63, 3.8) is 0 Å². The Morgan fingerprint density at radius 2 is 2.00 bits per heavy atom. The number of thiophene rings is 1. The van der Waals surface area contributed by atoms with Crippen LogP contribution in [-0.4, -0.2) is 34.7 Å². The van der Waals surface area contributed by atoms with Crippen molar-refractivity contribution >= 4 is 21.6 Å². The standard InChI is InChI=1S/C18H21N7OS/c1-5-24-8-13(11(3)22-24)14-9-25(23-21-14)7-6-15-19-17(26)16-10(2)12(4)27-18(16)20-15/h8-9H,5-7H2,1-4H3,(H,19,20,26).